The van der Waals surface area contributed by atoms with E-state index in [0.29, 0.717) is 25.7 Å². The van der Waals surface area contributed by atoms with Gasteiger partial charge in [0.15, 0.2) is 0 Å². The number of halogens is 2. The summed E-state index contributed by atoms with van der Waals surface area (Å²) < 4.78 is 33.9. The Labute approximate surface area is 151 Å². The zero-order valence-corrected chi connectivity index (χ0v) is 16.4. The average Bonchev–Trinajstić information content (AvgIpc) is 2.47. The van der Waals surface area contributed by atoms with Crippen molar-refractivity contribution in [1.82, 2.24) is 9.62 Å². The van der Waals surface area contributed by atoms with Crippen LogP contribution in [-0.4, -0.2) is 52.2 Å². The first-order valence-electron chi connectivity index (χ1n) is 7.58. The first kappa shape index (κ1) is 19.1. The van der Waals surface area contributed by atoms with Crippen LogP contribution in [0.2, 0.25) is 5.02 Å². The van der Waals surface area contributed by atoms with Crippen molar-refractivity contribution < 1.29 is 13.2 Å². The molecule has 130 valence electrons. The van der Waals surface area contributed by atoms with Gasteiger partial charge >= 0.3 is 0 Å². The number of ether oxygens (including phenoxy) is 1. The maximum atomic E-state index is 12.5. The standard InChI is InChI=1S/C15H22BrClN2O3S/c1-11(2)14(19-5-7-22-8-6-19)10-18-23(20,21)15-4-3-12(16)9-13(15)17/h3-4,9,11,14,18H,5-8,10H2,1-2H3. The molecule has 1 saturated heterocycles. The van der Waals surface area contributed by atoms with Gasteiger partial charge in [-0.1, -0.05) is 41.4 Å². The predicted molar refractivity (Wildman–Crippen MR) is 95.4 cm³/mol. The molecule has 1 aromatic rings. The molecule has 1 aliphatic heterocycles. The first-order valence-corrected chi connectivity index (χ1v) is 10.2. The molecule has 1 heterocycles. The third-order valence-electron chi connectivity index (χ3n) is 3.95. The number of hydrogen-bond donors (Lipinski definition) is 1. The Hall–Kier alpha value is -0.180. The Bertz CT molecular complexity index is 634. The van der Waals surface area contributed by atoms with Crippen LogP contribution in [0.1, 0.15) is 13.8 Å². The van der Waals surface area contributed by atoms with Gasteiger partial charge in [-0.25, -0.2) is 13.1 Å². The molecule has 0 bridgehead atoms. The Balaban J connectivity index is 2.09. The summed E-state index contributed by atoms with van der Waals surface area (Å²) in [6.45, 7) is 7.57. The normalized spacial score (nSPS) is 18.3. The molecule has 23 heavy (non-hydrogen) atoms. The van der Waals surface area contributed by atoms with Gasteiger partial charge in [-0.3, -0.25) is 4.90 Å². The van der Waals surface area contributed by atoms with Crippen LogP contribution in [0.15, 0.2) is 27.6 Å². The molecule has 1 N–H and O–H groups in total. The van der Waals surface area contributed by atoms with Crippen molar-refractivity contribution >= 4 is 37.6 Å². The molecule has 1 fully saturated rings. The van der Waals surface area contributed by atoms with Gasteiger partial charge in [0.25, 0.3) is 0 Å². The molecule has 1 unspecified atom stereocenters. The first-order chi connectivity index (χ1) is 10.8. The zero-order valence-electron chi connectivity index (χ0n) is 13.3. The second-order valence-electron chi connectivity index (χ2n) is 5.89. The summed E-state index contributed by atoms with van der Waals surface area (Å²) in [6.07, 6.45) is 0. The lowest BCUT2D eigenvalue weighted by Gasteiger charge is -2.36. The van der Waals surface area contributed by atoms with Crippen LogP contribution in [-0.2, 0) is 14.8 Å². The Morgan fingerprint density at radius 3 is 2.57 bits per heavy atom. The van der Waals surface area contributed by atoms with E-state index in [9.17, 15) is 8.42 Å². The minimum Gasteiger partial charge on any atom is -0.379 e. The third-order valence-corrected chi connectivity index (χ3v) is 6.35. The molecule has 2 rings (SSSR count). The number of rotatable bonds is 6. The zero-order chi connectivity index (χ0) is 17.0. The van der Waals surface area contributed by atoms with Gasteiger partial charge in [0.1, 0.15) is 4.90 Å². The molecule has 1 aromatic carbocycles. The molecule has 1 atom stereocenters. The van der Waals surface area contributed by atoms with E-state index in [4.69, 9.17) is 16.3 Å². The van der Waals surface area contributed by atoms with Gasteiger partial charge in [-0.2, -0.15) is 0 Å². The molecule has 0 amide bonds. The second-order valence-corrected chi connectivity index (χ2v) is 8.94. The number of sulfonamides is 1. The van der Waals surface area contributed by atoms with Gasteiger partial charge in [0.05, 0.1) is 18.2 Å². The lowest BCUT2D eigenvalue weighted by molar-refractivity contribution is 0.00776. The monoisotopic (exact) mass is 424 g/mol. The van der Waals surface area contributed by atoms with Crippen molar-refractivity contribution in [2.75, 3.05) is 32.8 Å². The van der Waals surface area contributed by atoms with Crippen LogP contribution >= 0.6 is 27.5 Å². The average molecular weight is 426 g/mol. The fourth-order valence-corrected chi connectivity index (χ4v) is 4.75. The van der Waals surface area contributed by atoms with Gasteiger partial charge < -0.3 is 4.74 Å². The van der Waals surface area contributed by atoms with E-state index in [1.807, 2.05) is 0 Å². The maximum absolute atomic E-state index is 12.5. The minimum absolute atomic E-state index is 0.104. The highest BCUT2D eigenvalue weighted by molar-refractivity contribution is 9.10. The molecule has 5 nitrogen and oxygen atoms in total. The van der Waals surface area contributed by atoms with E-state index >= 15 is 0 Å². The molecule has 0 aromatic heterocycles. The van der Waals surface area contributed by atoms with Crippen molar-refractivity contribution in [3.8, 4) is 0 Å². The summed E-state index contributed by atoms with van der Waals surface area (Å²) in [5.74, 6) is 0.330. The molecular weight excluding hydrogens is 404 g/mol. The number of nitrogens with zero attached hydrogens (tertiary/aromatic N) is 1. The number of nitrogens with one attached hydrogen (secondary N) is 1. The van der Waals surface area contributed by atoms with Crippen LogP contribution in [0.25, 0.3) is 0 Å². The van der Waals surface area contributed by atoms with Gasteiger partial charge in [-0.05, 0) is 24.1 Å². The maximum Gasteiger partial charge on any atom is 0.242 e. The molecular formula is C15H22BrClN2O3S. The Morgan fingerprint density at radius 2 is 2.00 bits per heavy atom. The fraction of sp³-hybridized carbons (Fsp3) is 0.600. The summed E-state index contributed by atoms with van der Waals surface area (Å²) in [6, 6.07) is 4.89. The van der Waals surface area contributed by atoms with Crippen molar-refractivity contribution in [1.29, 1.82) is 0 Å². The molecule has 0 radical (unpaired) electrons. The van der Waals surface area contributed by atoms with Crippen molar-refractivity contribution in [2.24, 2.45) is 5.92 Å². The summed E-state index contributed by atoms with van der Waals surface area (Å²) in [5.41, 5.74) is 0. The predicted octanol–water partition coefficient (Wildman–Crippen LogP) is 2.74. The molecule has 8 heteroatoms. The highest BCUT2D eigenvalue weighted by Gasteiger charge is 2.26. The lowest BCUT2D eigenvalue weighted by atomic mass is 10.0. The minimum atomic E-state index is -3.64. The van der Waals surface area contributed by atoms with Crippen molar-refractivity contribution in [3.05, 3.63) is 27.7 Å². The SMILES string of the molecule is CC(C)C(CNS(=O)(=O)c1ccc(Br)cc1Cl)N1CCOCC1. The number of morpholine rings is 1. The van der Waals surface area contributed by atoms with Crippen LogP contribution in [0.5, 0.6) is 0 Å². The number of benzene rings is 1. The number of hydrogen-bond acceptors (Lipinski definition) is 4. The molecule has 1 aliphatic rings. The van der Waals surface area contributed by atoms with E-state index in [2.05, 4.69) is 39.4 Å². The highest BCUT2D eigenvalue weighted by atomic mass is 79.9. The van der Waals surface area contributed by atoms with Gasteiger partial charge in [0, 0.05) is 30.1 Å². The summed E-state index contributed by atoms with van der Waals surface area (Å²) in [4.78, 5) is 2.38. The quantitative estimate of drug-likeness (QED) is 0.761. The largest absolute Gasteiger partial charge is 0.379 e. The van der Waals surface area contributed by atoms with Crippen LogP contribution in [0.3, 0.4) is 0 Å². The molecule has 0 saturated carbocycles. The third kappa shape index (κ3) is 5.14. The highest BCUT2D eigenvalue weighted by Crippen LogP contribution is 2.25. The Morgan fingerprint density at radius 1 is 1.35 bits per heavy atom. The smallest absolute Gasteiger partial charge is 0.242 e. The summed E-state index contributed by atoms with van der Waals surface area (Å²) in [7, 11) is -3.64. The summed E-state index contributed by atoms with van der Waals surface area (Å²) in [5, 5.41) is 0.208. The Kier molecular flexibility index (Phi) is 6.88. The molecule has 0 spiro atoms. The van der Waals surface area contributed by atoms with E-state index < -0.39 is 10.0 Å². The van der Waals surface area contributed by atoms with Crippen LogP contribution in [0.4, 0.5) is 0 Å². The lowest BCUT2D eigenvalue weighted by Crippen LogP contribution is -2.51. The van der Waals surface area contributed by atoms with E-state index in [-0.39, 0.29) is 16.0 Å². The topological polar surface area (TPSA) is 58.6 Å². The van der Waals surface area contributed by atoms with Crippen molar-refractivity contribution in [3.63, 3.8) is 0 Å². The van der Waals surface area contributed by atoms with Crippen molar-refractivity contribution in [2.45, 2.75) is 24.8 Å². The van der Waals surface area contributed by atoms with E-state index in [0.717, 1.165) is 17.6 Å². The van der Waals surface area contributed by atoms with Gasteiger partial charge in [0.2, 0.25) is 10.0 Å². The van der Waals surface area contributed by atoms with Gasteiger partial charge in [-0.15, -0.1) is 0 Å². The van der Waals surface area contributed by atoms with E-state index in [1.54, 1.807) is 12.1 Å². The molecule has 0 aliphatic carbocycles. The fourth-order valence-electron chi connectivity index (χ4n) is 2.66. The van der Waals surface area contributed by atoms with E-state index in [1.165, 1.54) is 6.07 Å². The van der Waals surface area contributed by atoms with Crippen LogP contribution in [0, 0.1) is 5.92 Å². The summed E-state index contributed by atoms with van der Waals surface area (Å²) >= 11 is 9.34. The second kappa shape index (κ2) is 8.27. The van der Waals surface area contributed by atoms with Crippen LogP contribution < -0.4 is 4.72 Å².